The molecule has 134 valence electrons. The number of nitrogens with zero attached hydrogens (tertiary/aromatic N) is 2. The number of allylic oxidation sites excluding steroid dienone is 3. The molecule has 2 rings (SSSR count). The minimum Gasteiger partial charge on any atom is -0.493 e. The van der Waals surface area contributed by atoms with E-state index in [1.54, 1.807) is 0 Å². The summed E-state index contributed by atoms with van der Waals surface area (Å²) >= 11 is 0. The van der Waals surface area contributed by atoms with Gasteiger partial charge in [0.05, 0.1) is 18.6 Å². The Morgan fingerprint density at radius 1 is 1.24 bits per heavy atom. The van der Waals surface area contributed by atoms with Gasteiger partial charge in [-0.3, -0.25) is 0 Å². The summed E-state index contributed by atoms with van der Waals surface area (Å²) in [5, 5.41) is 0. The number of imidazole rings is 1. The van der Waals surface area contributed by atoms with Crippen molar-refractivity contribution in [1.29, 1.82) is 0 Å². The summed E-state index contributed by atoms with van der Waals surface area (Å²) in [6.07, 6.45) is 10.3. The van der Waals surface area contributed by atoms with Crippen LogP contribution in [0.5, 0.6) is 0 Å². The summed E-state index contributed by atoms with van der Waals surface area (Å²) in [6, 6.07) is 3.98. The highest BCUT2D eigenvalue weighted by molar-refractivity contribution is 5.76. The van der Waals surface area contributed by atoms with Gasteiger partial charge in [0.2, 0.25) is 0 Å². The van der Waals surface area contributed by atoms with E-state index in [4.69, 9.17) is 10.5 Å². The topological polar surface area (TPSA) is 53.1 Å². The zero-order chi connectivity index (χ0) is 18.4. The van der Waals surface area contributed by atoms with Crippen LogP contribution < -0.4 is 5.73 Å². The molecule has 0 bridgehead atoms. The number of ether oxygens (including phenoxy) is 1. The minimum absolute atomic E-state index is 0.600. The molecule has 4 nitrogen and oxygen atoms in total. The molecule has 0 atom stereocenters. The number of aryl methyl sites for hydroxylation is 2. The first kappa shape index (κ1) is 18.8. The third-order valence-corrected chi connectivity index (χ3v) is 4.19. The molecule has 2 N–H and O–H groups in total. The third kappa shape index (κ3) is 4.75. The van der Waals surface area contributed by atoms with Crippen LogP contribution in [0.4, 0.5) is 5.69 Å². The summed E-state index contributed by atoms with van der Waals surface area (Å²) in [4.78, 5) is 4.35. The van der Waals surface area contributed by atoms with E-state index >= 15 is 0 Å². The van der Waals surface area contributed by atoms with E-state index < -0.39 is 0 Å². The SMILES string of the molecule is CCC/C=C(/C=C(/OCC)c1cc(N)cc(C)c1C)n1cnc(C)c1. The van der Waals surface area contributed by atoms with Gasteiger partial charge in [-0.05, 0) is 57.4 Å². The maximum absolute atomic E-state index is 6.08. The van der Waals surface area contributed by atoms with Crippen LogP contribution in [-0.2, 0) is 4.74 Å². The molecule has 0 aliphatic rings. The van der Waals surface area contributed by atoms with Crippen LogP contribution in [0.3, 0.4) is 0 Å². The highest BCUT2D eigenvalue weighted by atomic mass is 16.5. The Balaban J connectivity index is 2.56. The summed E-state index contributed by atoms with van der Waals surface area (Å²) in [5.41, 5.74) is 12.3. The van der Waals surface area contributed by atoms with Gasteiger partial charge in [-0.15, -0.1) is 0 Å². The number of nitrogen functional groups attached to an aromatic ring is 1. The Morgan fingerprint density at radius 3 is 2.60 bits per heavy atom. The molecule has 1 aromatic carbocycles. The normalized spacial score (nSPS) is 12.5. The maximum Gasteiger partial charge on any atom is 0.128 e. The number of hydrogen-bond acceptors (Lipinski definition) is 3. The molecule has 0 aliphatic carbocycles. The highest BCUT2D eigenvalue weighted by Gasteiger charge is 2.11. The smallest absolute Gasteiger partial charge is 0.128 e. The molecule has 0 unspecified atom stereocenters. The second-order valence-corrected chi connectivity index (χ2v) is 6.29. The molecule has 0 radical (unpaired) electrons. The number of unbranched alkanes of at least 4 members (excludes halogenated alkanes) is 1. The second-order valence-electron chi connectivity index (χ2n) is 6.29. The number of benzene rings is 1. The molecule has 0 saturated heterocycles. The summed E-state index contributed by atoms with van der Waals surface area (Å²) in [6.45, 7) is 10.9. The molecule has 1 heterocycles. The average Bonchev–Trinajstić information content (AvgIpc) is 3.00. The van der Waals surface area contributed by atoms with E-state index in [-0.39, 0.29) is 0 Å². The van der Waals surface area contributed by atoms with Gasteiger partial charge in [0.1, 0.15) is 5.76 Å². The van der Waals surface area contributed by atoms with Crippen LogP contribution >= 0.6 is 0 Å². The monoisotopic (exact) mass is 339 g/mol. The second kappa shape index (κ2) is 8.56. The maximum atomic E-state index is 6.08. The molecule has 0 fully saturated rings. The van der Waals surface area contributed by atoms with Crippen LogP contribution in [-0.4, -0.2) is 16.2 Å². The number of aromatic nitrogens is 2. The Bertz CT molecular complexity index is 784. The van der Waals surface area contributed by atoms with Gasteiger partial charge in [0.15, 0.2) is 0 Å². The van der Waals surface area contributed by atoms with Crippen molar-refractivity contribution in [3.63, 3.8) is 0 Å². The van der Waals surface area contributed by atoms with Crippen molar-refractivity contribution in [2.75, 3.05) is 12.3 Å². The van der Waals surface area contributed by atoms with Crippen LogP contribution in [0.2, 0.25) is 0 Å². The Hall–Kier alpha value is -2.49. The van der Waals surface area contributed by atoms with Gasteiger partial charge in [-0.1, -0.05) is 19.4 Å². The van der Waals surface area contributed by atoms with E-state index in [0.717, 1.165) is 46.8 Å². The molecule has 2 aromatic rings. The summed E-state index contributed by atoms with van der Waals surface area (Å²) in [7, 11) is 0. The lowest BCUT2D eigenvalue weighted by atomic mass is 10.00. The lowest BCUT2D eigenvalue weighted by Gasteiger charge is -2.16. The van der Waals surface area contributed by atoms with Gasteiger partial charge >= 0.3 is 0 Å². The molecule has 25 heavy (non-hydrogen) atoms. The number of hydrogen-bond donors (Lipinski definition) is 1. The van der Waals surface area contributed by atoms with Crippen molar-refractivity contribution in [3.05, 3.63) is 59.2 Å². The van der Waals surface area contributed by atoms with Crippen molar-refractivity contribution < 1.29 is 4.74 Å². The third-order valence-electron chi connectivity index (χ3n) is 4.19. The zero-order valence-corrected chi connectivity index (χ0v) is 16.0. The van der Waals surface area contributed by atoms with Crippen LogP contribution in [0, 0.1) is 20.8 Å². The van der Waals surface area contributed by atoms with Crippen molar-refractivity contribution in [3.8, 4) is 0 Å². The lowest BCUT2D eigenvalue weighted by molar-refractivity contribution is 0.298. The minimum atomic E-state index is 0.600. The molecular weight excluding hydrogens is 310 g/mol. The fourth-order valence-electron chi connectivity index (χ4n) is 2.72. The highest BCUT2D eigenvalue weighted by Crippen LogP contribution is 2.28. The average molecular weight is 339 g/mol. The van der Waals surface area contributed by atoms with Crippen molar-refractivity contribution in [2.24, 2.45) is 0 Å². The van der Waals surface area contributed by atoms with Crippen molar-refractivity contribution >= 4 is 17.1 Å². The summed E-state index contributed by atoms with van der Waals surface area (Å²) < 4.78 is 8.03. The zero-order valence-electron chi connectivity index (χ0n) is 16.0. The first-order valence-electron chi connectivity index (χ1n) is 8.89. The molecule has 0 amide bonds. The molecule has 0 aliphatic heterocycles. The van der Waals surface area contributed by atoms with Gasteiger partial charge < -0.3 is 15.0 Å². The first-order valence-corrected chi connectivity index (χ1v) is 8.89. The molecule has 4 heteroatoms. The number of rotatable bonds is 7. The van der Waals surface area contributed by atoms with Crippen molar-refractivity contribution in [2.45, 2.75) is 47.5 Å². The van der Waals surface area contributed by atoms with Gasteiger partial charge in [0, 0.05) is 29.2 Å². The number of nitrogens with two attached hydrogens (primary N) is 1. The fourth-order valence-corrected chi connectivity index (χ4v) is 2.72. The van der Waals surface area contributed by atoms with E-state index in [1.165, 1.54) is 5.56 Å². The van der Waals surface area contributed by atoms with E-state index in [2.05, 4.69) is 37.9 Å². The molecule has 1 aromatic heterocycles. The Kier molecular flexibility index (Phi) is 6.45. The van der Waals surface area contributed by atoms with Crippen LogP contribution in [0.25, 0.3) is 11.5 Å². The predicted octanol–water partition coefficient (Wildman–Crippen LogP) is 5.11. The quantitative estimate of drug-likeness (QED) is 0.433. The van der Waals surface area contributed by atoms with E-state index in [1.807, 2.05) is 43.1 Å². The fraction of sp³-hybridized carbons (Fsp3) is 0.381. The lowest BCUT2D eigenvalue weighted by Crippen LogP contribution is -2.01. The number of anilines is 1. The van der Waals surface area contributed by atoms with Crippen molar-refractivity contribution in [1.82, 2.24) is 9.55 Å². The van der Waals surface area contributed by atoms with Gasteiger partial charge in [0.25, 0.3) is 0 Å². The molecule has 0 saturated carbocycles. The summed E-state index contributed by atoms with van der Waals surface area (Å²) in [5.74, 6) is 0.837. The van der Waals surface area contributed by atoms with E-state index in [9.17, 15) is 0 Å². The van der Waals surface area contributed by atoms with Gasteiger partial charge in [-0.2, -0.15) is 0 Å². The standard InChI is InChI=1S/C21H29N3O/c1-6-8-9-19(24-13-16(4)23-14-24)12-21(25-7-2)20-11-18(22)10-15(3)17(20)5/h9-14H,6-8,22H2,1-5H3/b19-9-,21-12+. The predicted molar refractivity (Wildman–Crippen MR) is 106 cm³/mol. The Morgan fingerprint density at radius 2 is 2.00 bits per heavy atom. The first-order chi connectivity index (χ1) is 12.0. The van der Waals surface area contributed by atoms with Crippen LogP contribution in [0.15, 0.2) is 36.8 Å². The Labute approximate surface area is 151 Å². The van der Waals surface area contributed by atoms with Gasteiger partial charge in [-0.25, -0.2) is 4.98 Å². The van der Waals surface area contributed by atoms with E-state index in [0.29, 0.717) is 6.61 Å². The largest absolute Gasteiger partial charge is 0.493 e. The van der Waals surface area contributed by atoms with Crippen LogP contribution in [0.1, 0.15) is 49.1 Å². The molecular formula is C21H29N3O. The molecule has 0 spiro atoms.